The van der Waals surface area contributed by atoms with Gasteiger partial charge in [0.2, 0.25) is 21.8 Å². The summed E-state index contributed by atoms with van der Waals surface area (Å²) in [7, 11) is -2.23. The van der Waals surface area contributed by atoms with E-state index < -0.39 is 50.8 Å². The molecule has 54 heavy (non-hydrogen) atoms. The molecule has 4 heterocycles. The summed E-state index contributed by atoms with van der Waals surface area (Å²) in [5.41, 5.74) is 8.30. The van der Waals surface area contributed by atoms with Crippen LogP contribution in [0, 0.1) is 12.8 Å². The Morgan fingerprint density at radius 3 is 2.63 bits per heavy atom. The molecule has 2 aliphatic heterocycles. The summed E-state index contributed by atoms with van der Waals surface area (Å²) in [6.45, 7) is 2.04. The first kappa shape index (κ1) is 38.5. The summed E-state index contributed by atoms with van der Waals surface area (Å²) in [6.07, 6.45) is 10.7. The molecule has 0 spiro atoms. The predicted octanol–water partition coefficient (Wildman–Crippen LogP) is 4.65. The van der Waals surface area contributed by atoms with Crippen molar-refractivity contribution in [2.75, 3.05) is 13.7 Å². The second-order valence-electron chi connectivity index (χ2n) is 15.2. The molecule has 3 amide bonds. The molecule has 5 atom stereocenters. The lowest BCUT2D eigenvalue weighted by Crippen LogP contribution is -2.57. The number of nitrogens with zero attached hydrogens (tertiary/aromatic N) is 3. The number of ether oxygens (including phenoxy) is 2. The zero-order chi connectivity index (χ0) is 37.1. The maximum Gasteiger partial charge on any atom is 0.259 e. The number of rotatable bonds is 8. The number of fused-ring (bicyclic) bond motifs is 3. The van der Waals surface area contributed by atoms with Crippen LogP contribution in [0.25, 0.3) is 21.6 Å². The second-order valence-corrected chi connectivity index (χ2v) is 18.1. The van der Waals surface area contributed by atoms with E-state index in [4.69, 9.17) is 25.2 Å². The van der Waals surface area contributed by atoms with Crippen LogP contribution in [0.1, 0.15) is 87.8 Å². The molecule has 16 heteroatoms. The van der Waals surface area contributed by atoms with Gasteiger partial charge in [-0.3, -0.25) is 19.1 Å². The number of allylic oxidation sites excluding steroid dienone is 1. The second kappa shape index (κ2) is 15.0. The van der Waals surface area contributed by atoms with Crippen LogP contribution in [-0.2, 0) is 24.4 Å². The monoisotopic (exact) mass is 798 g/mol. The number of aromatic nitrogens is 2. The van der Waals surface area contributed by atoms with Gasteiger partial charge in [0.15, 0.2) is 0 Å². The summed E-state index contributed by atoms with van der Waals surface area (Å²) in [5.74, 6) is -0.306. The SMILES string of the molecule is COc1ccc2c(O[C@@H]3C[C@H]4C(=O)N[C@]5(C(=O)NS(=O)(=O)C6CC6)C[C@H]5/C=C/CCCCC[C@H](N)C(=O)N4C3)cc(-c3nc(C4CC4)cs3)nc2c1C.Cl. The smallest absolute Gasteiger partial charge is 0.259 e. The van der Waals surface area contributed by atoms with Gasteiger partial charge in [0.05, 0.1) is 36.2 Å². The van der Waals surface area contributed by atoms with Crippen molar-refractivity contribution in [2.45, 2.75) is 112 Å². The minimum Gasteiger partial charge on any atom is -0.496 e. The molecule has 0 bridgehead atoms. The molecule has 3 aliphatic carbocycles. The van der Waals surface area contributed by atoms with Gasteiger partial charge in [0, 0.05) is 40.7 Å². The van der Waals surface area contributed by atoms with E-state index in [1.165, 1.54) is 16.2 Å². The number of benzene rings is 1. The number of sulfonamides is 1. The maximum absolute atomic E-state index is 14.3. The fourth-order valence-corrected chi connectivity index (χ4v) is 9.92. The molecular weight excluding hydrogens is 752 g/mol. The molecule has 0 unspecified atom stereocenters. The summed E-state index contributed by atoms with van der Waals surface area (Å²) >= 11 is 1.54. The molecule has 1 saturated heterocycles. The highest BCUT2D eigenvalue weighted by atomic mass is 35.5. The number of carbonyl (C=O) groups is 3. The van der Waals surface area contributed by atoms with Crippen molar-refractivity contribution in [3.05, 3.63) is 47.0 Å². The number of thiazole rings is 1. The van der Waals surface area contributed by atoms with E-state index in [1.54, 1.807) is 7.11 Å². The van der Waals surface area contributed by atoms with E-state index in [0.29, 0.717) is 47.9 Å². The minimum atomic E-state index is -3.85. The zero-order valence-electron chi connectivity index (χ0n) is 30.4. The van der Waals surface area contributed by atoms with Gasteiger partial charge in [-0.05, 0) is 70.4 Å². The molecule has 3 saturated carbocycles. The van der Waals surface area contributed by atoms with Gasteiger partial charge in [-0.15, -0.1) is 23.7 Å². The zero-order valence-corrected chi connectivity index (χ0v) is 32.9. The third-order valence-electron chi connectivity index (χ3n) is 11.3. The van der Waals surface area contributed by atoms with E-state index in [-0.39, 0.29) is 43.6 Å². The summed E-state index contributed by atoms with van der Waals surface area (Å²) in [6, 6.07) is 3.82. The Morgan fingerprint density at radius 1 is 1.09 bits per heavy atom. The van der Waals surface area contributed by atoms with Crippen LogP contribution >= 0.6 is 23.7 Å². The number of carbonyl (C=O) groups excluding carboxylic acids is 3. The molecule has 5 aliphatic rings. The summed E-state index contributed by atoms with van der Waals surface area (Å²) in [4.78, 5) is 53.3. The Morgan fingerprint density at radius 2 is 1.89 bits per heavy atom. The van der Waals surface area contributed by atoms with Crippen LogP contribution in [0.2, 0.25) is 0 Å². The molecule has 2 aromatic heterocycles. The van der Waals surface area contributed by atoms with Crippen LogP contribution in [0.3, 0.4) is 0 Å². The van der Waals surface area contributed by atoms with Gasteiger partial charge in [0.1, 0.15) is 39.9 Å². The summed E-state index contributed by atoms with van der Waals surface area (Å²) < 4.78 is 40.2. The van der Waals surface area contributed by atoms with Crippen LogP contribution < -0.4 is 25.2 Å². The average molecular weight is 799 g/mol. The van der Waals surface area contributed by atoms with Crippen molar-refractivity contribution >= 4 is 62.4 Å². The van der Waals surface area contributed by atoms with Gasteiger partial charge in [0.25, 0.3) is 5.91 Å². The first-order chi connectivity index (χ1) is 25.5. The van der Waals surface area contributed by atoms with Crippen molar-refractivity contribution < 1.29 is 32.3 Å². The molecule has 4 N–H and O–H groups in total. The molecule has 13 nitrogen and oxygen atoms in total. The molecule has 8 rings (SSSR count). The van der Waals surface area contributed by atoms with Crippen molar-refractivity contribution in [1.82, 2.24) is 24.9 Å². The number of aryl methyl sites for hydroxylation is 1. The van der Waals surface area contributed by atoms with Gasteiger partial charge >= 0.3 is 0 Å². The number of amides is 3. The normalized spacial score (nSPS) is 28.1. The largest absolute Gasteiger partial charge is 0.496 e. The quantitative estimate of drug-likeness (QED) is 0.271. The number of nitrogens with two attached hydrogens (primary N) is 1. The fourth-order valence-electron chi connectivity index (χ4n) is 7.70. The van der Waals surface area contributed by atoms with E-state index in [9.17, 15) is 22.8 Å². The lowest BCUT2D eigenvalue weighted by atomic mass is 10.1. The van der Waals surface area contributed by atoms with Crippen molar-refractivity contribution in [3.63, 3.8) is 0 Å². The number of methoxy groups -OCH3 is 1. The fraction of sp³-hybridized carbons (Fsp3) is 0.553. The molecule has 3 aromatic rings. The van der Waals surface area contributed by atoms with E-state index in [1.807, 2.05) is 37.3 Å². The maximum atomic E-state index is 14.3. The van der Waals surface area contributed by atoms with Crippen molar-refractivity contribution in [1.29, 1.82) is 0 Å². The highest BCUT2D eigenvalue weighted by Gasteiger charge is 2.62. The molecule has 290 valence electrons. The Bertz CT molecular complexity index is 2100. The van der Waals surface area contributed by atoms with Crippen LogP contribution in [-0.4, -0.2) is 83.6 Å². The predicted molar refractivity (Wildman–Crippen MR) is 207 cm³/mol. The first-order valence-electron chi connectivity index (χ1n) is 18.7. The van der Waals surface area contributed by atoms with Crippen LogP contribution in [0.15, 0.2) is 35.7 Å². The average Bonchev–Trinajstić information content (AvgIpc) is 4.09. The van der Waals surface area contributed by atoms with Gasteiger partial charge in [-0.25, -0.2) is 18.4 Å². The van der Waals surface area contributed by atoms with E-state index in [0.717, 1.165) is 60.2 Å². The molecule has 0 radical (unpaired) electrons. The van der Waals surface area contributed by atoms with Crippen molar-refractivity contribution in [3.8, 4) is 22.2 Å². The van der Waals surface area contributed by atoms with E-state index in [2.05, 4.69) is 15.4 Å². The number of hydrogen-bond donors (Lipinski definition) is 3. The number of nitrogens with one attached hydrogen (secondary N) is 2. The Hall–Kier alpha value is -3.79. The topological polar surface area (TPSA) is 183 Å². The molecule has 1 aromatic carbocycles. The van der Waals surface area contributed by atoms with Gasteiger partial charge in [-0.1, -0.05) is 25.0 Å². The third kappa shape index (κ3) is 7.56. The third-order valence-corrected chi connectivity index (χ3v) is 14.0. The Balaban J connectivity index is 0.00000450. The van der Waals surface area contributed by atoms with Gasteiger partial charge in [-0.2, -0.15) is 0 Å². The number of pyridine rings is 1. The minimum absolute atomic E-state index is 0. The van der Waals surface area contributed by atoms with Crippen LogP contribution in [0.5, 0.6) is 11.5 Å². The van der Waals surface area contributed by atoms with Gasteiger partial charge < -0.3 is 25.4 Å². The first-order valence-corrected chi connectivity index (χ1v) is 21.1. The standard InChI is InChI=1S/C38H46N6O7S2.ClH/c1-21-31(50-2)15-14-26-32(17-28(40-33(21)26)35-41-29(20-52-35)22-10-11-22)51-24-16-30-34(45)42-38(37(47)43-53(48,49)25-12-13-25)18-23(38)8-6-4-3-5-7-9-27(39)36(46)44(30)19-24;/h6,8,14-15,17,20,22-25,27,30H,3-5,7,9-13,16,18-19,39H2,1-2H3,(H,42,45)(H,43,47);1H/b8-6+;/t23-,24-,27+,30+,38-;/m1./s1. The van der Waals surface area contributed by atoms with E-state index >= 15 is 0 Å². The molecule has 4 fully saturated rings. The molecular formula is C38H47ClN6O7S2. The Labute approximate surface area is 325 Å². The Kier molecular flexibility index (Phi) is 10.7. The lowest BCUT2D eigenvalue weighted by Gasteiger charge is -2.28. The number of halogens is 1. The number of hydrogen-bond acceptors (Lipinski definition) is 11. The summed E-state index contributed by atoms with van der Waals surface area (Å²) in [5, 5.41) is 5.94. The van der Waals surface area contributed by atoms with Crippen molar-refractivity contribution in [2.24, 2.45) is 11.7 Å². The highest BCUT2D eigenvalue weighted by Crippen LogP contribution is 2.46. The lowest BCUT2D eigenvalue weighted by molar-refractivity contribution is -0.140. The highest BCUT2D eigenvalue weighted by molar-refractivity contribution is 7.91. The van der Waals surface area contributed by atoms with Crippen LogP contribution in [0.4, 0.5) is 0 Å².